The first-order chi connectivity index (χ1) is 11.6. The van der Waals surface area contributed by atoms with Gasteiger partial charge in [-0.2, -0.15) is 4.98 Å². The monoisotopic (exact) mass is 332 g/mol. The third-order valence-electron chi connectivity index (χ3n) is 4.16. The van der Waals surface area contributed by atoms with Crippen molar-refractivity contribution in [1.82, 2.24) is 19.9 Å². The topological polar surface area (TPSA) is 74.9 Å². The van der Waals surface area contributed by atoms with Crippen LogP contribution in [0, 0.1) is 0 Å². The fourth-order valence-electron chi connectivity index (χ4n) is 2.87. The molecule has 0 bridgehead atoms. The predicted molar refractivity (Wildman–Crippen MR) is 89.7 cm³/mol. The molecular formula is C17H24N4O3. The van der Waals surface area contributed by atoms with Crippen molar-refractivity contribution in [2.24, 2.45) is 0 Å². The Kier molecular flexibility index (Phi) is 5.44. The van der Waals surface area contributed by atoms with Crippen LogP contribution >= 0.6 is 0 Å². The standard InChI is InChI=1S/C17H24N4O3/c1-13(22)11-20-7-9-21(10-8-20)12-16-18-17(24-19-16)14-3-5-15(23-2)6-4-14/h3-6,13,22H,7-12H2,1-2H3/t13-/m1/s1. The third kappa shape index (κ3) is 4.31. The molecule has 1 aliphatic rings. The number of nitrogens with zero attached hydrogens (tertiary/aromatic N) is 4. The quantitative estimate of drug-likeness (QED) is 0.853. The summed E-state index contributed by atoms with van der Waals surface area (Å²) in [6.45, 7) is 7.03. The number of aromatic nitrogens is 2. The van der Waals surface area contributed by atoms with Gasteiger partial charge < -0.3 is 14.4 Å². The lowest BCUT2D eigenvalue weighted by Gasteiger charge is -2.34. The van der Waals surface area contributed by atoms with Gasteiger partial charge >= 0.3 is 0 Å². The number of piperazine rings is 1. The highest BCUT2D eigenvalue weighted by molar-refractivity contribution is 5.54. The van der Waals surface area contributed by atoms with E-state index in [1.165, 1.54) is 0 Å². The van der Waals surface area contributed by atoms with E-state index in [1.54, 1.807) is 7.11 Å². The Balaban J connectivity index is 1.54. The minimum Gasteiger partial charge on any atom is -0.497 e. The molecule has 0 unspecified atom stereocenters. The van der Waals surface area contributed by atoms with E-state index in [9.17, 15) is 5.11 Å². The zero-order valence-corrected chi connectivity index (χ0v) is 14.2. The number of hydrogen-bond donors (Lipinski definition) is 1. The molecule has 2 aromatic rings. The maximum Gasteiger partial charge on any atom is 0.257 e. The van der Waals surface area contributed by atoms with Crippen LogP contribution in [0.3, 0.4) is 0 Å². The molecule has 0 aliphatic carbocycles. The predicted octanol–water partition coefficient (Wildman–Crippen LogP) is 1.24. The molecule has 0 radical (unpaired) electrons. The van der Waals surface area contributed by atoms with Crippen LogP contribution in [0.5, 0.6) is 5.75 Å². The lowest BCUT2D eigenvalue weighted by atomic mass is 10.2. The molecule has 2 heterocycles. The average Bonchev–Trinajstić information content (AvgIpc) is 3.05. The minimum atomic E-state index is -0.277. The smallest absolute Gasteiger partial charge is 0.257 e. The summed E-state index contributed by atoms with van der Waals surface area (Å²) < 4.78 is 10.5. The summed E-state index contributed by atoms with van der Waals surface area (Å²) in [4.78, 5) is 9.07. The fraction of sp³-hybridized carbons (Fsp3) is 0.529. The van der Waals surface area contributed by atoms with E-state index in [4.69, 9.17) is 9.26 Å². The zero-order chi connectivity index (χ0) is 16.9. The van der Waals surface area contributed by atoms with E-state index in [2.05, 4.69) is 19.9 Å². The van der Waals surface area contributed by atoms with Crippen LogP contribution < -0.4 is 4.74 Å². The number of aliphatic hydroxyl groups excluding tert-OH is 1. The van der Waals surface area contributed by atoms with E-state index in [0.29, 0.717) is 18.3 Å². The van der Waals surface area contributed by atoms with Gasteiger partial charge in [0.25, 0.3) is 5.89 Å². The molecule has 1 fully saturated rings. The summed E-state index contributed by atoms with van der Waals surface area (Å²) in [6.07, 6.45) is -0.277. The van der Waals surface area contributed by atoms with E-state index in [0.717, 1.165) is 44.0 Å². The Labute approximate surface area is 141 Å². The van der Waals surface area contributed by atoms with Crippen LogP contribution in [0.2, 0.25) is 0 Å². The second-order valence-electron chi connectivity index (χ2n) is 6.17. The van der Waals surface area contributed by atoms with Crippen LogP contribution in [0.1, 0.15) is 12.7 Å². The summed E-state index contributed by atoms with van der Waals surface area (Å²) in [7, 11) is 1.64. The lowest BCUT2D eigenvalue weighted by molar-refractivity contribution is 0.0768. The van der Waals surface area contributed by atoms with E-state index in [-0.39, 0.29) is 6.10 Å². The number of aliphatic hydroxyl groups is 1. The Morgan fingerprint density at radius 1 is 1.17 bits per heavy atom. The van der Waals surface area contributed by atoms with Crippen molar-refractivity contribution in [2.75, 3.05) is 39.8 Å². The van der Waals surface area contributed by atoms with Crippen molar-refractivity contribution in [3.05, 3.63) is 30.1 Å². The van der Waals surface area contributed by atoms with Crippen LogP contribution in [0.4, 0.5) is 0 Å². The van der Waals surface area contributed by atoms with Gasteiger partial charge in [0.2, 0.25) is 0 Å². The highest BCUT2D eigenvalue weighted by atomic mass is 16.5. The van der Waals surface area contributed by atoms with Gasteiger partial charge in [0.05, 0.1) is 19.8 Å². The summed E-state index contributed by atoms with van der Waals surface area (Å²) in [5.74, 6) is 2.03. The van der Waals surface area contributed by atoms with Gasteiger partial charge in [0, 0.05) is 38.3 Å². The van der Waals surface area contributed by atoms with Crippen molar-refractivity contribution in [3.8, 4) is 17.2 Å². The van der Waals surface area contributed by atoms with Gasteiger partial charge in [0.1, 0.15) is 5.75 Å². The molecule has 24 heavy (non-hydrogen) atoms. The molecule has 7 nitrogen and oxygen atoms in total. The molecule has 7 heteroatoms. The first-order valence-corrected chi connectivity index (χ1v) is 8.24. The number of β-amino-alcohol motifs (C(OH)–C–C–N with tert-alkyl or cyclic N) is 1. The molecule has 0 spiro atoms. The normalized spacial score (nSPS) is 17.8. The second kappa shape index (κ2) is 7.74. The van der Waals surface area contributed by atoms with Crippen molar-refractivity contribution >= 4 is 0 Å². The molecule has 1 aromatic heterocycles. The average molecular weight is 332 g/mol. The molecule has 0 amide bonds. The minimum absolute atomic E-state index is 0.277. The van der Waals surface area contributed by atoms with Gasteiger partial charge in [-0.05, 0) is 31.2 Å². The molecule has 1 aliphatic heterocycles. The number of hydrogen-bond acceptors (Lipinski definition) is 7. The van der Waals surface area contributed by atoms with Crippen molar-refractivity contribution in [1.29, 1.82) is 0 Å². The maximum atomic E-state index is 9.45. The van der Waals surface area contributed by atoms with Crippen molar-refractivity contribution in [3.63, 3.8) is 0 Å². The number of benzene rings is 1. The number of rotatable bonds is 6. The van der Waals surface area contributed by atoms with Crippen LogP contribution in [0.25, 0.3) is 11.5 Å². The fourth-order valence-corrected chi connectivity index (χ4v) is 2.87. The SMILES string of the molecule is COc1ccc(-c2nc(CN3CCN(C[C@@H](C)O)CC3)no2)cc1. The highest BCUT2D eigenvalue weighted by Gasteiger charge is 2.20. The first-order valence-electron chi connectivity index (χ1n) is 8.24. The molecule has 1 atom stereocenters. The van der Waals surface area contributed by atoms with Gasteiger partial charge in [-0.15, -0.1) is 0 Å². The zero-order valence-electron chi connectivity index (χ0n) is 14.2. The molecule has 1 saturated heterocycles. The van der Waals surface area contributed by atoms with Crippen LogP contribution in [-0.4, -0.2) is 71.0 Å². The highest BCUT2D eigenvalue weighted by Crippen LogP contribution is 2.21. The summed E-state index contributed by atoms with van der Waals surface area (Å²) in [5, 5.41) is 13.5. The van der Waals surface area contributed by atoms with E-state index < -0.39 is 0 Å². The van der Waals surface area contributed by atoms with E-state index in [1.807, 2.05) is 31.2 Å². The summed E-state index contributed by atoms with van der Waals surface area (Å²) in [5.41, 5.74) is 0.885. The van der Waals surface area contributed by atoms with Gasteiger partial charge in [-0.25, -0.2) is 0 Å². The van der Waals surface area contributed by atoms with Crippen LogP contribution in [-0.2, 0) is 6.54 Å². The second-order valence-corrected chi connectivity index (χ2v) is 6.17. The van der Waals surface area contributed by atoms with Gasteiger partial charge in [0.15, 0.2) is 5.82 Å². The molecule has 1 N–H and O–H groups in total. The van der Waals surface area contributed by atoms with E-state index >= 15 is 0 Å². The Morgan fingerprint density at radius 2 is 1.83 bits per heavy atom. The Hall–Kier alpha value is -1.96. The van der Waals surface area contributed by atoms with Crippen LogP contribution in [0.15, 0.2) is 28.8 Å². The molecular weight excluding hydrogens is 308 g/mol. The number of methoxy groups -OCH3 is 1. The molecule has 0 saturated carbocycles. The summed E-state index contributed by atoms with van der Waals surface area (Å²) >= 11 is 0. The Bertz CT molecular complexity index is 634. The van der Waals surface area contributed by atoms with Gasteiger partial charge in [-0.3, -0.25) is 9.80 Å². The third-order valence-corrected chi connectivity index (χ3v) is 4.16. The maximum absolute atomic E-state index is 9.45. The van der Waals surface area contributed by atoms with Crippen molar-refractivity contribution < 1.29 is 14.4 Å². The molecule has 130 valence electrons. The lowest BCUT2D eigenvalue weighted by Crippen LogP contribution is -2.47. The molecule has 3 rings (SSSR count). The number of ether oxygens (including phenoxy) is 1. The Morgan fingerprint density at radius 3 is 2.46 bits per heavy atom. The summed E-state index contributed by atoms with van der Waals surface area (Å²) in [6, 6.07) is 7.57. The largest absolute Gasteiger partial charge is 0.497 e. The first kappa shape index (κ1) is 16.9. The van der Waals surface area contributed by atoms with Gasteiger partial charge in [-0.1, -0.05) is 5.16 Å². The van der Waals surface area contributed by atoms with Crippen molar-refractivity contribution in [2.45, 2.75) is 19.6 Å². The molecule has 1 aromatic carbocycles.